The average molecular weight is 417 g/mol. The summed E-state index contributed by atoms with van der Waals surface area (Å²) in [5.41, 5.74) is 0.411. The molecule has 0 radical (unpaired) electrons. The summed E-state index contributed by atoms with van der Waals surface area (Å²) in [5.74, 6) is -0.582. The molecule has 0 aliphatic heterocycles. The van der Waals surface area contributed by atoms with Crippen LogP contribution in [0.5, 0.6) is 17.2 Å². The Balaban J connectivity index is 0.00000364. The van der Waals surface area contributed by atoms with Gasteiger partial charge in [-0.05, 0) is 30.5 Å². The maximum atomic E-state index is 12.2. The van der Waals surface area contributed by atoms with Gasteiger partial charge in [-0.25, -0.2) is 0 Å². The molecule has 0 amide bonds. The standard InChI is InChI=1S/C20H26O5S.K/c1-2-3-4-5-6-8-11-16-14-15-18(21)19(20(16)26(22,23)24)25-17-12-9-7-10-13-17;/h7,9-10,12-15,21H,2-6,8,11H2,1H3,(H,22,23,24);/q;+1/p-1. The Bertz CT molecular complexity index is 807. The van der Waals surface area contributed by atoms with Crippen molar-refractivity contribution in [1.82, 2.24) is 0 Å². The Kier molecular flexibility index (Phi) is 11.1. The zero-order valence-corrected chi connectivity index (χ0v) is 19.9. The second kappa shape index (κ2) is 12.2. The van der Waals surface area contributed by atoms with Crippen molar-refractivity contribution in [3.8, 4) is 17.2 Å². The van der Waals surface area contributed by atoms with Gasteiger partial charge in [0.1, 0.15) is 16.4 Å². The minimum Gasteiger partial charge on any atom is -0.870 e. The van der Waals surface area contributed by atoms with E-state index in [0.717, 1.165) is 32.1 Å². The fourth-order valence-electron chi connectivity index (χ4n) is 2.86. The number of unbranched alkanes of at least 4 members (excludes halogenated alkanes) is 5. The fourth-order valence-corrected chi connectivity index (χ4v) is 3.74. The molecule has 0 aromatic heterocycles. The van der Waals surface area contributed by atoms with Crippen molar-refractivity contribution in [3.63, 3.8) is 0 Å². The van der Waals surface area contributed by atoms with Crippen molar-refractivity contribution in [2.45, 2.75) is 56.8 Å². The van der Waals surface area contributed by atoms with Crippen LogP contribution in [0, 0.1) is 0 Å². The van der Waals surface area contributed by atoms with E-state index in [-0.39, 0.29) is 57.1 Å². The first-order chi connectivity index (χ1) is 12.4. The number of benzene rings is 2. The molecule has 27 heavy (non-hydrogen) atoms. The van der Waals surface area contributed by atoms with E-state index in [1.807, 2.05) is 0 Å². The van der Waals surface area contributed by atoms with Gasteiger partial charge in [0.25, 0.3) is 10.1 Å². The summed E-state index contributed by atoms with van der Waals surface area (Å²) in [4.78, 5) is -0.414. The quantitative estimate of drug-likeness (QED) is 0.362. The van der Waals surface area contributed by atoms with Crippen LogP contribution in [0.3, 0.4) is 0 Å². The van der Waals surface area contributed by atoms with Gasteiger partial charge < -0.3 is 9.84 Å². The predicted octanol–water partition coefficient (Wildman–Crippen LogP) is 1.71. The largest absolute Gasteiger partial charge is 1.00 e. The van der Waals surface area contributed by atoms with Gasteiger partial charge in [-0.1, -0.05) is 75.1 Å². The van der Waals surface area contributed by atoms with Crippen LogP contribution in [0.4, 0.5) is 0 Å². The average Bonchev–Trinajstić information content (AvgIpc) is 2.60. The number of hydrogen-bond donors (Lipinski definition) is 1. The molecular weight excluding hydrogens is 391 g/mol. The summed E-state index contributed by atoms with van der Waals surface area (Å²) in [6, 6.07) is 11.2. The van der Waals surface area contributed by atoms with Gasteiger partial charge >= 0.3 is 51.4 Å². The van der Waals surface area contributed by atoms with Crippen molar-refractivity contribution >= 4 is 10.1 Å². The minimum atomic E-state index is -4.58. The first-order valence-electron chi connectivity index (χ1n) is 8.96. The Morgan fingerprint density at radius 1 is 0.963 bits per heavy atom. The van der Waals surface area contributed by atoms with Crippen LogP contribution >= 0.6 is 0 Å². The van der Waals surface area contributed by atoms with Gasteiger partial charge in [0.2, 0.25) is 0 Å². The molecule has 0 fully saturated rings. The molecule has 0 saturated heterocycles. The third-order valence-electron chi connectivity index (χ3n) is 4.18. The van der Waals surface area contributed by atoms with Crippen LogP contribution in [-0.4, -0.2) is 13.0 Å². The summed E-state index contributed by atoms with van der Waals surface area (Å²) >= 11 is 0. The molecule has 2 aromatic carbocycles. The van der Waals surface area contributed by atoms with E-state index in [1.54, 1.807) is 30.3 Å². The number of hydrogen-bond acceptors (Lipinski definition) is 4. The first-order valence-corrected chi connectivity index (χ1v) is 10.4. The molecular formula is C20H25KO5S. The molecule has 0 spiro atoms. The zero-order valence-electron chi connectivity index (χ0n) is 16.0. The maximum Gasteiger partial charge on any atom is 1.00 e. The zero-order chi connectivity index (χ0) is 19.0. The molecule has 0 unspecified atom stereocenters. The van der Waals surface area contributed by atoms with Gasteiger partial charge in [0.05, 0.1) is 0 Å². The molecule has 142 valence electrons. The predicted molar refractivity (Wildman–Crippen MR) is 99.3 cm³/mol. The van der Waals surface area contributed by atoms with Crippen LogP contribution < -0.4 is 61.2 Å². The summed E-state index contributed by atoms with van der Waals surface area (Å²) in [7, 11) is -4.58. The maximum absolute atomic E-state index is 12.2. The van der Waals surface area contributed by atoms with Gasteiger partial charge in [-0.15, -0.1) is 0 Å². The van der Waals surface area contributed by atoms with Crippen LogP contribution in [-0.2, 0) is 16.5 Å². The molecule has 2 rings (SSSR count). The Morgan fingerprint density at radius 2 is 1.59 bits per heavy atom. The summed E-state index contributed by atoms with van der Waals surface area (Å²) in [6.45, 7) is 2.15. The van der Waals surface area contributed by atoms with Gasteiger partial charge in [0, 0.05) is 0 Å². The topological polar surface area (TPSA) is 86.7 Å². The smallest absolute Gasteiger partial charge is 0.870 e. The van der Waals surface area contributed by atoms with Crippen LogP contribution in [0.25, 0.3) is 0 Å². The number of ether oxygens (including phenoxy) is 1. The van der Waals surface area contributed by atoms with Crippen molar-refractivity contribution in [3.05, 3.63) is 48.0 Å². The van der Waals surface area contributed by atoms with Crippen LogP contribution in [0.2, 0.25) is 0 Å². The molecule has 7 heteroatoms. The number of rotatable bonds is 10. The molecule has 0 atom stereocenters. The van der Waals surface area contributed by atoms with E-state index in [1.165, 1.54) is 18.6 Å². The molecule has 0 aliphatic carbocycles. The molecule has 1 N–H and O–H groups in total. The van der Waals surface area contributed by atoms with Crippen LogP contribution in [0.1, 0.15) is 51.0 Å². The summed E-state index contributed by atoms with van der Waals surface area (Å²) in [6.07, 6.45) is 6.82. The Hall–Kier alpha value is -0.414. The molecule has 2 aromatic rings. The number of para-hydroxylation sites is 1. The van der Waals surface area contributed by atoms with E-state index < -0.39 is 20.8 Å². The van der Waals surface area contributed by atoms with Crippen molar-refractivity contribution in [1.29, 1.82) is 0 Å². The van der Waals surface area contributed by atoms with E-state index in [9.17, 15) is 18.1 Å². The summed E-state index contributed by atoms with van der Waals surface area (Å²) in [5, 5.41) is 12.2. The molecule has 0 heterocycles. The molecule has 0 saturated carbocycles. The van der Waals surface area contributed by atoms with E-state index in [2.05, 4.69) is 6.92 Å². The van der Waals surface area contributed by atoms with Crippen LogP contribution in [0.15, 0.2) is 47.4 Å². The fraction of sp³-hybridized carbons (Fsp3) is 0.400. The Morgan fingerprint density at radius 3 is 2.22 bits per heavy atom. The Labute approximate surface area is 204 Å². The minimum absolute atomic E-state index is 0. The normalized spacial score (nSPS) is 11.0. The van der Waals surface area contributed by atoms with E-state index >= 15 is 0 Å². The van der Waals surface area contributed by atoms with E-state index in [4.69, 9.17) is 4.74 Å². The SMILES string of the molecule is CCCCCCCCc1ccc([O-])c(Oc2ccccc2)c1S(=O)(=O)O.[K+]. The van der Waals surface area contributed by atoms with Crippen molar-refractivity contribution < 1.29 is 74.2 Å². The third-order valence-corrected chi connectivity index (χ3v) is 5.14. The van der Waals surface area contributed by atoms with Crippen molar-refractivity contribution in [2.75, 3.05) is 0 Å². The van der Waals surface area contributed by atoms with Crippen molar-refractivity contribution in [2.24, 2.45) is 0 Å². The number of aryl methyl sites for hydroxylation is 1. The monoisotopic (exact) mass is 416 g/mol. The van der Waals surface area contributed by atoms with Gasteiger partial charge in [-0.2, -0.15) is 8.42 Å². The molecule has 0 aliphatic rings. The van der Waals surface area contributed by atoms with E-state index in [0.29, 0.717) is 17.7 Å². The first kappa shape index (κ1) is 24.6. The third kappa shape index (κ3) is 7.85. The second-order valence-corrected chi connectivity index (χ2v) is 7.65. The second-order valence-electron chi connectivity index (χ2n) is 6.29. The summed E-state index contributed by atoms with van der Waals surface area (Å²) < 4.78 is 39.0. The molecule has 5 nitrogen and oxygen atoms in total. The van der Waals surface area contributed by atoms with Gasteiger partial charge in [0.15, 0.2) is 0 Å². The van der Waals surface area contributed by atoms with Gasteiger partial charge in [-0.3, -0.25) is 4.55 Å². The molecule has 0 bridgehead atoms.